The average Bonchev–Trinajstić information content (AvgIpc) is 2.55. The minimum absolute atomic E-state index is 0.0355. The average molecular weight is 320 g/mol. The van der Waals surface area contributed by atoms with Gasteiger partial charge in [0, 0.05) is 17.3 Å². The molecule has 0 spiro atoms. The quantitative estimate of drug-likeness (QED) is 0.880. The smallest absolute Gasteiger partial charge is 0.255 e. The first-order valence-corrected chi connectivity index (χ1v) is 7.93. The molecule has 0 saturated carbocycles. The van der Waals surface area contributed by atoms with Gasteiger partial charge in [-0.05, 0) is 37.4 Å². The van der Waals surface area contributed by atoms with Gasteiger partial charge in [-0.25, -0.2) is 13.1 Å². The lowest BCUT2D eigenvalue weighted by molar-refractivity contribution is 0.102. The van der Waals surface area contributed by atoms with Gasteiger partial charge < -0.3 is 10.1 Å². The van der Waals surface area contributed by atoms with E-state index < -0.39 is 15.9 Å². The van der Waals surface area contributed by atoms with Crippen molar-refractivity contribution in [2.75, 3.05) is 19.5 Å². The van der Waals surface area contributed by atoms with Crippen LogP contribution in [0.2, 0.25) is 0 Å². The fraction of sp³-hybridized carbons (Fsp3) is 0.133. The Hall–Kier alpha value is -2.38. The Balaban J connectivity index is 2.25. The molecule has 116 valence electrons. The Morgan fingerprint density at radius 1 is 1.09 bits per heavy atom. The minimum Gasteiger partial charge on any atom is -0.497 e. The number of ether oxygens (including phenoxy) is 1. The van der Waals surface area contributed by atoms with E-state index >= 15 is 0 Å². The zero-order valence-corrected chi connectivity index (χ0v) is 13.0. The summed E-state index contributed by atoms with van der Waals surface area (Å²) in [5.74, 6) is 0.214. The van der Waals surface area contributed by atoms with Gasteiger partial charge in [0.2, 0.25) is 10.0 Å². The van der Waals surface area contributed by atoms with Gasteiger partial charge in [0.25, 0.3) is 5.91 Å². The van der Waals surface area contributed by atoms with Gasteiger partial charge in [-0.2, -0.15) is 0 Å². The van der Waals surface area contributed by atoms with E-state index in [1.165, 1.54) is 32.4 Å². The number of anilines is 1. The zero-order valence-electron chi connectivity index (χ0n) is 12.2. The molecule has 6 nitrogen and oxygen atoms in total. The Labute approximate surface area is 129 Å². The second-order valence-corrected chi connectivity index (χ2v) is 6.31. The van der Waals surface area contributed by atoms with Gasteiger partial charge in [0.1, 0.15) is 5.75 Å². The fourth-order valence-electron chi connectivity index (χ4n) is 1.83. The minimum atomic E-state index is -3.59. The highest BCUT2D eigenvalue weighted by atomic mass is 32.2. The van der Waals surface area contributed by atoms with Gasteiger partial charge in [0.05, 0.1) is 12.0 Å². The Bertz CT molecular complexity index is 788. The molecule has 2 rings (SSSR count). The standard InChI is InChI=1S/C15H16N2O4S/c1-16-22(19,20)14-8-3-5-11(9-14)15(18)17-12-6-4-7-13(10-12)21-2/h3-10,16H,1-2H3,(H,17,18). The number of hydrogen-bond acceptors (Lipinski definition) is 4. The van der Waals surface area contributed by atoms with Crippen LogP contribution in [0.4, 0.5) is 5.69 Å². The molecule has 0 atom stereocenters. The normalized spacial score (nSPS) is 11.0. The second kappa shape index (κ2) is 6.59. The highest BCUT2D eigenvalue weighted by molar-refractivity contribution is 7.89. The maximum absolute atomic E-state index is 12.2. The Morgan fingerprint density at radius 3 is 2.50 bits per heavy atom. The molecule has 0 aromatic heterocycles. The molecule has 0 bridgehead atoms. The van der Waals surface area contributed by atoms with Gasteiger partial charge in [0.15, 0.2) is 0 Å². The van der Waals surface area contributed by atoms with Crippen molar-refractivity contribution in [1.82, 2.24) is 4.72 Å². The summed E-state index contributed by atoms with van der Waals surface area (Å²) >= 11 is 0. The molecule has 0 fully saturated rings. The first-order chi connectivity index (χ1) is 10.5. The van der Waals surface area contributed by atoms with Crippen LogP contribution in [0.3, 0.4) is 0 Å². The predicted octanol–water partition coefficient (Wildman–Crippen LogP) is 1.86. The van der Waals surface area contributed by atoms with Gasteiger partial charge >= 0.3 is 0 Å². The SMILES string of the molecule is CNS(=O)(=O)c1cccc(C(=O)Nc2cccc(OC)c2)c1. The van der Waals surface area contributed by atoms with Crippen molar-refractivity contribution in [2.45, 2.75) is 4.90 Å². The summed E-state index contributed by atoms with van der Waals surface area (Å²) in [6.07, 6.45) is 0. The lowest BCUT2D eigenvalue weighted by Gasteiger charge is -2.08. The molecule has 7 heteroatoms. The molecule has 0 saturated heterocycles. The van der Waals surface area contributed by atoms with Crippen molar-refractivity contribution < 1.29 is 17.9 Å². The molecule has 0 aliphatic rings. The van der Waals surface area contributed by atoms with Crippen molar-refractivity contribution in [3.63, 3.8) is 0 Å². The van der Waals surface area contributed by atoms with Crippen LogP contribution < -0.4 is 14.8 Å². The van der Waals surface area contributed by atoms with E-state index in [2.05, 4.69) is 10.0 Å². The zero-order chi connectivity index (χ0) is 16.2. The van der Waals surface area contributed by atoms with E-state index in [0.29, 0.717) is 11.4 Å². The van der Waals surface area contributed by atoms with Crippen LogP contribution in [-0.4, -0.2) is 28.5 Å². The van der Waals surface area contributed by atoms with E-state index in [1.807, 2.05) is 0 Å². The number of nitrogens with one attached hydrogen (secondary N) is 2. The third kappa shape index (κ3) is 3.63. The van der Waals surface area contributed by atoms with E-state index in [9.17, 15) is 13.2 Å². The number of sulfonamides is 1. The molecule has 2 aromatic carbocycles. The molecular weight excluding hydrogens is 304 g/mol. The summed E-state index contributed by atoms with van der Waals surface area (Å²) in [5, 5.41) is 2.70. The first kappa shape index (κ1) is 16.0. The molecule has 0 radical (unpaired) electrons. The number of hydrogen-bond donors (Lipinski definition) is 2. The third-order valence-electron chi connectivity index (χ3n) is 3.00. The Morgan fingerprint density at radius 2 is 1.82 bits per heavy atom. The summed E-state index contributed by atoms with van der Waals surface area (Å²) in [7, 11) is -0.735. The van der Waals surface area contributed by atoms with Gasteiger partial charge in [-0.15, -0.1) is 0 Å². The van der Waals surface area contributed by atoms with Crippen LogP contribution in [0.15, 0.2) is 53.4 Å². The largest absolute Gasteiger partial charge is 0.497 e. The summed E-state index contributed by atoms with van der Waals surface area (Å²) in [4.78, 5) is 12.2. The van der Waals surface area contributed by atoms with Crippen LogP contribution in [0.5, 0.6) is 5.75 Å². The number of benzene rings is 2. The number of carbonyl (C=O) groups is 1. The van der Waals surface area contributed by atoms with Gasteiger partial charge in [-0.3, -0.25) is 4.79 Å². The topological polar surface area (TPSA) is 84.5 Å². The molecule has 0 aliphatic heterocycles. The molecule has 22 heavy (non-hydrogen) atoms. The van der Waals surface area contributed by atoms with E-state index in [0.717, 1.165) is 0 Å². The molecule has 1 amide bonds. The molecular formula is C15H16N2O4S. The maximum Gasteiger partial charge on any atom is 0.255 e. The highest BCUT2D eigenvalue weighted by Crippen LogP contribution is 2.18. The third-order valence-corrected chi connectivity index (χ3v) is 4.41. The molecule has 0 heterocycles. The summed E-state index contributed by atoms with van der Waals surface area (Å²) in [6, 6.07) is 12.7. The van der Waals surface area contributed by atoms with Crippen molar-refractivity contribution in [1.29, 1.82) is 0 Å². The van der Waals surface area contributed by atoms with Crippen molar-refractivity contribution in [3.8, 4) is 5.75 Å². The number of rotatable bonds is 5. The van der Waals surface area contributed by atoms with Crippen molar-refractivity contribution in [3.05, 3.63) is 54.1 Å². The van der Waals surface area contributed by atoms with Crippen LogP contribution in [0.25, 0.3) is 0 Å². The predicted molar refractivity (Wildman–Crippen MR) is 83.6 cm³/mol. The highest BCUT2D eigenvalue weighted by Gasteiger charge is 2.14. The number of carbonyl (C=O) groups excluding carboxylic acids is 1. The summed E-state index contributed by atoms with van der Waals surface area (Å²) < 4.78 is 30.8. The summed E-state index contributed by atoms with van der Waals surface area (Å²) in [5.41, 5.74) is 0.811. The van der Waals surface area contributed by atoms with E-state index in [4.69, 9.17) is 4.74 Å². The second-order valence-electron chi connectivity index (χ2n) is 4.42. The first-order valence-electron chi connectivity index (χ1n) is 6.45. The number of methoxy groups -OCH3 is 1. The molecule has 2 aromatic rings. The number of amides is 1. The lowest BCUT2D eigenvalue weighted by atomic mass is 10.2. The molecule has 0 unspecified atom stereocenters. The van der Waals surface area contributed by atoms with Crippen LogP contribution in [0, 0.1) is 0 Å². The van der Waals surface area contributed by atoms with Gasteiger partial charge in [-0.1, -0.05) is 12.1 Å². The van der Waals surface area contributed by atoms with Crippen LogP contribution in [0.1, 0.15) is 10.4 Å². The van der Waals surface area contributed by atoms with Crippen LogP contribution >= 0.6 is 0 Å². The summed E-state index contributed by atoms with van der Waals surface area (Å²) in [6.45, 7) is 0. The molecule has 0 aliphatic carbocycles. The maximum atomic E-state index is 12.2. The fourth-order valence-corrected chi connectivity index (χ4v) is 2.60. The van der Waals surface area contributed by atoms with E-state index in [-0.39, 0.29) is 10.5 Å². The van der Waals surface area contributed by atoms with Crippen LogP contribution in [-0.2, 0) is 10.0 Å². The Kier molecular flexibility index (Phi) is 4.79. The van der Waals surface area contributed by atoms with Crippen molar-refractivity contribution >= 4 is 21.6 Å². The molecule has 2 N–H and O–H groups in total. The van der Waals surface area contributed by atoms with Crippen molar-refractivity contribution in [2.24, 2.45) is 0 Å². The van der Waals surface area contributed by atoms with E-state index in [1.54, 1.807) is 30.3 Å². The lowest BCUT2D eigenvalue weighted by Crippen LogP contribution is -2.19. The monoisotopic (exact) mass is 320 g/mol.